The highest BCUT2D eigenvalue weighted by Gasteiger charge is 2.24. The van der Waals surface area contributed by atoms with Crippen LogP contribution in [0.3, 0.4) is 0 Å². The number of hydrogen-bond donors (Lipinski definition) is 1. The fourth-order valence-corrected chi connectivity index (χ4v) is 2.06. The molecule has 1 saturated heterocycles. The average Bonchev–Trinajstić information content (AvgIpc) is 2.26. The van der Waals surface area contributed by atoms with E-state index in [-0.39, 0.29) is 12.7 Å². The maximum atomic E-state index is 10.4. The first-order valence-corrected chi connectivity index (χ1v) is 6.08. The van der Waals surface area contributed by atoms with E-state index in [0.717, 1.165) is 25.9 Å². The van der Waals surface area contributed by atoms with Crippen LogP contribution >= 0.6 is 0 Å². The Balaban J connectivity index is 2.25. The van der Waals surface area contributed by atoms with E-state index < -0.39 is 5.97 Å². The number of carboxylic acid groups (broad SMARTS) is 1. The largest absolute Gasteiger partial charge is 0.480 e. The molecule has 16 heavy (non-hydrogen) atoms. The van der Waals surface area contributed by atoms with Crippen LogP contribution in [0.1, 0.15) is 33.6 Å². The number of hydrogen-bond acceptors (Lipinski definition) is 3. The van der Waals surface area contributed by atoms with E-state index in [4.69, 9.17) is 9.84 Å². The molecule has 0 saturated carbocycles. The number of ether oxygens (including phenoxy) is 1. The summed E-state index contributed by atoms with van der Waals surface area (Å²) in [4.78, 5) is 12.8. The molecule has 0 spiro atoms. The minimum atomic E-state index is -0.877. The van der Waals surface area contributed by atoms with Crippen LogP contribution in [0.25, 0.3) is 0 Å². The van der Waals surface area contributed by atoms with Crippen LogP contribution in [0, 0.1) is 5.92 Å². The van der Waals surface area contributed by atoms with Gasteiger partial charge < -0.3 is 14.7 Å². The Labute approximate surface area is 97.6 Å². The molecular weight excluding hydrogens is 206 g/mol. The molecule has 0 bridgehead atoms. The summed E-state index contributed by atoms with van der Waals surface area (Å²) < 4.78 is 5.31. The minimum Gasteiger partial charge on any atom is -0.480 e. The van der Waals surface area contributed by atoms with Gasteiger partial charge in [0, 0.05) is 19.1 Å². The van der Waals surface area contributed by atoms with Gasteiger partial charge in [-0.05, 0) is 25.7 Å². The average molecular weight is 229 g/mol. The van der Waals surface area contributed by atoms with Gasteiger partial charge in [-0.15, -0.1) is 0 Å². The fourth-order valence-electron chi connectivity index (χ4n) is 2.06. The van der Waals surface area contributed by atoms with Crippen molar-refractivity contribution < 1.29 is 14.6 Å². The van der Waals surface area contributed by atoms with Crippen LogP contribution in [-0.4, -0.2) is 47.8 Å². The van der Waals surface area contributed by atoms with E-state index in [1.165, 1.54) is 0 Å². The number of aliphatic carboxylic acids is 1. The van der Waals surface area contributed by atoms with Gasteiger partial charge in [0.15, 0.2) is 0 Å². The topological polar surface area (TPSA) is 49.8 Å². The summed E-state index contributed by atoms with van der Waals surface area (Å²) in [6.45, 7) is 8.59. The molecule has 1 rings (SSSR count). The molecule has 1 aliphatic heterocycles. The van der Waals surface area contributed by atoms with Crippen LogP contribution in [0.2, 0.25) is 0 Å². The number of piperidine rings is 1. The maximum Gasteiger partial charge on any atom is 0.329 e. The van der Waals surface area contributed by atoms with E-state index in [2.05, 4.69) is 25.7 Å². The zero-order valence-corrected chi connectivity index (χ0v) is 10.5. The van der Waals surface area contributed by atoms with Crippen molar-refractivity contribution in [2.24, 2.45) is 5.92 Å². The van der Waals surface area contributed by atoms with Crippen molar-refractivity contribution in [2.45, 2.75) is 45.8 Å². The first-order chi connectivity index (χ1) is 7.50. The molecular formula is C12H23NO3. The molecule has 1 atom stereocenters. The van der Waals surface area contributed by atoms with Gasteiger partial charge in [0.2, 0.25) is 0 Å². The van der Waals surface area contributed by atoms with E-state index in [0.29, 0.717) is 12.0 Å². The summed E-state index contributed by atoms with van der Waals surface area (Å²) in [5.41, 5.74) is 0. The lowest BCUT2D eigenvalue weighted by molar-refractivity contribution is -0.145. The monoisotopic (exact) mass is 229 g/mol. The van der Waals surface area contributed by atoms with Gasteiger partial charge in [-0.1, -0.05) is 13.8 Å². The van der Waals surface area contributed by atoms with Gasteiger partial charge in [0.1, 0.15) is 6.61 Å². The maximum absolute atomic E-state index is 10.4. The fraction of sp³-hybridized carbons (Fsp3) is 0.917. The predicted octanol–water partition coefficient (Wildman–Crippen LogP) is 1.60. The molecule has 0 aromatic heterocycles. The summed E-state index contributed by atoms with van der Waals surface area (Å²) in [5.74, 6) is -0.213. The van der Waals surface area contributed by atoms with Crippen molar-refractivity contribution in [3.05, 3.63) is 0 Å². The third-order valence-corrected chi connectivity index (χ3v) is 3.46. The van der Waals surface area contributed by atoms with E-state index >= 15 is 0 Å². The molecule has 0 radical (unpaired) electrons. The van der Waals surface area contributed by atoms with Crippen LogP contribution < -0.4 is 0 Å². The van der Waals surface area contributed by atoms with E-state index in [1.807, 2.05) is 0 Å². The second-order valence-corrected chi connectivity index (χ2v) is 4.92. The molecule has 1 N–H and O–H groups in total. The second kappa shape index (κ2) is 6.21. The smallest absolute Gasteiger partial charge is 0.329 e. The molecule has 0 aromatic rings. The first kappa shape index (κ1) is 13.5. The second-order valence-electron chi connectivity index (χ2n) is 4.92. The molecule has 4 nitrogen and oxygen atoms in total. The molecule has 0 aliphatic carbocycles. The highest BCUT2D eigenvalue weighted by Crippen LogP contribution is 2.19. The standard InChI is InChI=1S/C12H23NO3/c1-9(2)10(3)13-6-4-11(5-7-13)16-8-12(14)15/h9-11H,4-8H2,1-3H3,(H,14,15). The predicted molar refractivity (Wildman–Crippen MR) is 62.5 cm³/mol. The SMILES string of the molecule is CC(C)C(C)N1CCC(OCC(=O)O)CC1. The summed E-state index contributed by atoms with van der Waals surface area (Å²) in [7, 11) is 0. The Morgan fingerprint density at radius 1 is 1.38 bits per heavy atom. The van der Waals surface area contributed by atoms with E-state index in [9.17, 15) is 4.79 Å². The van der Waals surface area contributed by atoms with Crippen molar-refractivity contribution in [3.8, 4) is 0 Å². The van der Waals surface area contributed by atoms with Crippen molar-refractivity contribution >= 4 is 5.97 Å². The normalized spacial score (nSPS) is 21.2. The summed E-state index contributed by atoms with van der Waals surface area (Å²) in [6, 6.07) is 0.598. The number of carboxylic acids is 1. The first-order valence-electron chi connectivity index (χ1n) is 6.08. The van der Waals surface area contributed by atoms with Crippen LogP contribution in [0.5, 0.6) is 0 Å². The zero-order chi connectivity index (χ0) is 12.1. The Morgan fingerprint density at radius 2 is 1.94 bits per heavy atom. The Bertz CT molecular complexity index is 222. The molecule has 1 heterocycles. The number of rotatable bonds is 5. The van der Waals surface area contributed by atoms with Crippen molar-refractivity contribution in [3.63, 3.8) is 0 Å². The molecule has 94 valence electrons. The molecule has 1 unspecified atom stereocenters. The highest BCUT2D eigenvalue weighted by molar-refractivity contribution is 5.68. The Morgan fingerprint density at radius 3 is 2.38 bits per heavy atom. The summed E-state index contributed by atoms with van der Waals surface area (Å²) in [5, 5.41) is 8.52. The number of likely N-dealkylation sites (tertiary alicyclic amines) is 1. The summed E-state index contributed by atoms with van der Waals surface area (Å²) >= 11 is 0. The van der Waals surface area contributed by atoms with Crippen LogP contribution in [-0.2, 0) is 9.53 Å². The van der Waals surface area contributed by atoms with Gasteiger partial charge in [-0.25, -0.2) is 4.79 Å². The number of nitrogens with zero attached hydrogens (tertiary/aromatic N) is 1. The lowest BCUT2D eigenvalue weighted by Crippen LogP contribution is -2.44. The van der Waals surface area contributed by atoms with Crippen molar-refractivity contribution in [1.29, 1.82) is 0 Å². The molecule has 0 aromatic carbocycles. The quantitative estimate of drug-likeness (QED) is 0.778. The van der Waals surface area contributed by atoms with E-state index in [1.54, 1.807) is 0 Å². The van der Waals surface area contributed by atoms with Gasteiger partial charge in [0.05, 0.1) is 6.10 Å². The molecule has 0 amide bonds. The lowest BCUT2D eigenvalue weighted by atomic mass is 10.00. The van der Waals surface area contributed by atoms with Gasteiger partial charge in [-0.3, -0.25) is 0 Å². The molecule has 1 aliphatic rings. The van der Waals surface area contributed by atoms with Gasteiger partial charge >= 0.3 is 5.97 Å². The molecule has 4 heteroatoms. The van der Waals surface area contributed by atoms with Crippen molar-refractivity contribution in [1.82, 2.24) is 4.90 Å². The van der Waals surface area contributed by atoms with Crippen LogP contribution in [0.4, 0.5) is 0 Å². The van der Waals surface area contributed by atoms with Gasteiger partial charge in [-0.2, -0.15) is 0 Å². The Kier molecular flexibility index (Phi) is 5.22. The minimum absolute atomic E-state index is 0.131. The molecule has 1 fully saturated rings. The third kappa shape index (κ3) is 4.10. The van der Waals surface area contributed by atoms with Crippen molar-refractivity contribution in [2.75, 3.05) is 19.7 Å². The van der Waals surface area contributed by atoms with Gasteiger partial charge in [0.25, 0.3) is 0 Å². The summed E-state index contributed by atoms with van der Waals surface area (Å²) in [6.07, 6.45) is 2.03. The third-order valence-electron chi connectivity index (χ3n) is 3.46. The Hall–Kier alpha value is -0.610. The number of carbonyl (C=O) groups is 1. The van der Waals surface area contributed by atoms with Crippen LogP contribution in [0.15, 0.2) is 0 Å². The highest BCUT2D eigenvalue weighted by atomic mass is 16.5. The zero-order valence-electron chi connectivity index (χ0n) is 10.5. The lowest BCUT2D eigenvalue weighted by Gasteiger charge is -2.37.